The number of pyridine rings is 1. The summed E-state index contributed by atoms with van der Waals surface area (Å²) in [6.45, 7) is 4.02. The third-order valence-corrected chi connectivity index (χ3v) is 2.85. The quantitative estimate of drug-likeness (QED) is 0.641. The third-order valence-electron chi connectivity index (χ3n) is 2.85. The van der Waals surface area contributed by atoms with Gasteiger partial charge in [-0.15, -0.1) is 0 Å². The molecule has 0 aliphatic heterocycles. The summed E-state index contributed by atoms with van der Waals surface area (Å²) in [5.41, 5.74) is 8.28. The fraction of sp³-hybridized carbons (Fsp3) is 0.143. The molecule has 18 heavy (non-hydrogen) atoms. The lowest BCUT2D eigenvalue weighted by molar-refractivity contribution is 0.475. The minimum atomic E-state index is -0.0299. The average molecular weight is 241 g/mol. The summed E-state index contributed by atoms with van der Waals surface area (Å²) >= 11 is 0. The van der Waals surface area contributed by atoms with E-state index in [-0.39, 0.29) is 5.84 Å². The third kappa shape index (κ3) is 2.32. The Morgan fingerprint density at radius 1 is 1.22 bits per heavy atom. The van der Waals surface area contributed by atoms with E-state index in [1.165, 1.54) is 0 Å². The van der Waals surface area contributed by atoms with Crippen molar-refractivity contribution in [3.63, 3.8) is 0 Å². The average Bonchev–Trinajstić information content (AvgIpc) is 2.35. The highest BCUT2D eigenvalue weighted by Crippen LogP contribution is 2.28. The summed E-state index contributed by atoms with van der Waals surface area (Å²) in [5.74, 6) is 1.22. The van der Waals surface area contributed by atoms with Gasteiger partial charge >= 0.3 is 0 Å². The van der Waals surface area contributed by atoms with Crippen LogP contribution in [0.5, 0.6) is 11.5 Å². The predicted octanol–water partition coefficient (Wildman–Crippen LogP) is 2.77. The summed E-state index contributed by atoms with van der Waals surface area (Å²) in [6.07, 6.45) is 3.16. The van der Waals surface area contributed by atoms with Crippen LogP contribution in [0.15, 0.2) is 36.7 Å². The summed E-state index contributed by atoms with van der Waals surface area (Å²) in [5, 5.41) is 7.51. The minimum Gasteiger partial charge on any atom is -0.455 e. The maximum atomic E-state index is 7.51. The van der Waals surface area contributed by atoms with Crippen LogP contribution in [-0.2, 0) is 0 Å². The van der Waals surface area contributed by atoms with E-state index in [1.807, 2.05) is 32.0 Å². The zero-order valence-electron chi connectivity index (χ0n) is 10.4. The van der Waals surface area contributed by atoms with Crippen molar-refractivity contribution in [2.45, 2.75) is 13.8 Å². The number of nitrogens with zero attached hydrogens (tertiary/aromatic N) is 1. The van der Waals surface area contributed by atoms with Gasteiger partial charge < -0.3 is 10.5 Å². The lowest BCUT2D eigenvalue weighted by atomic mass is 10.1. The second kappa shape index (κ2) is 4.87. The number of aryl methyl sites for hydroxylation is 1. The van der Waals surface area contributed by atoms with Crippen LogP contribution in [0, 0.1) is 19.3 Å². The highest BCUT2D eigenvalue weighted by Gasteiger charge is 2.09. The zero-order chi connectivity index (χ0) is 13.1. The molecule has 4 nitrogen and oxygen atoms in total. The number of nitrogens with two attached hydrogens (primary N) is 1. The molecule has 0 saturated carbocycles. The topological polar surface area (TPSA) is 72.0 Å². The molecule has 0 unspecified atom stereocenters. The van der Waals surface area contributed by atoms with E-state index >= 15 is 0 Å². The Kier molecular flexibility index (Phi) is 3.28. The summed E-state index contributed by atoms with van der Waals surface area (Å²) in [4.78, 5) is 4.00. The number of amidine groups is 1. The van der Waals surface area contributed by atoms with E-state index in [0.29, 0.717) is 11.3 Å². The lowest BCUT2D eigenvalue weighted by Crippen LogP contribution is -2.12. The van der Waals surface area contributed by atoms with Gasteiger partial charge in [0.2, 0.25) is 0 Å². The molecular weight excluding hydrogens is 226 g/mol. The van der Waals surface area contributed by atoms with Crippen molar-refractivity contribution in [1.29, 1.82) is 5.41 Å². The minimum absolute atomic E-state index is 0.0299. The Morgan fingerprint density at radius 2 is 2.00 bits per heavy atom. The Hall–Kier alpha value is -2.36. The standard InChI is InChI=1S/C14H15N3O/c1-9-4-3-5-12(10(9)2)18-13-8-17-7-6-11(13)14(15)16/h3-8H,1-2H3,(H3,15,16). The second-order valence-corrected chi connectivity index (χ2v) is 4.09. The number of ether oxygens (including phenoxy) is 1. The molecule has 3 N–H and O–H groups in total. The number of hydrogen-bond acceptors (Lipinski definition) is 3. The van der Waals surface area contributed by atoms with E-state index in [2.05, 4.69) is 4.98 Å². The molecule has 0 aliphatic rings. The molecule has 0 fully saturated rings. The SMILES string of the molecule is Cc1cccc(Oc2cnccc2C(=N)N)c1C. The van der Waals surface area contributed by atoms with Crippen LogP contribution in [-0.4, -0.2) is 10.8 Å². The number of hydrogen-bond donors (Lipinski definition) is 2. The van der Waals surface area contributed by atoms with Crippen LogP contribution >= 0.6 is 0 Å². The van der Waals surface area contributed by atoms with Gasteiger partial charge in [-0.3, -0.25) is 10.4 Å². The molecule has 1 aromatic heterocycles. The van der Waals surface area contributed by atoms with Crippen LogP contribution in [0.1, 0.15) is 16.7 Å². The van der Waals surface area contributed by atoms with Crippen molar-refractivity contribution in [1.82, 2.24) is 4.98 Å². The molecule has 0 atom stereocenters. The first kappa shape index (κ1) is 12.1. The largest absolute Gasteiger partial charge is 0.455 e. The molecular formula is C14H15N3O. The molecule has 92 valence electrons. The van der Waals surface area contributed by atoms with Gasteiger partial charge in [0.05, 0.1) is 11.8 Å². The Labute approximate surface area is 106 Å². The molecule has 0 aliphatic carbocycles. The Morgan fingerprint density at radius 3 is 2.72 bits per heavy atom. The molecule has 1 heterocycles. The summed E-state index contributed by atoms with van der Waals surface area (Å²) in [7, 11) is 0. The first-order chi connectivity index (χ1) is 8.59. The first-order valence-electron chi connectivity index (χ1n) is 5.62. The lowest BCUT2D eigenvalue weighted by Gasteiger charge is -2.12. The van der Waals surface area contributed by atoms with Gasteiger partial charge in [-0.2, -0.15) is 0 Å². The molecule has 4 heteroatoms. The maximum absolute atomic E-state index is 7.51. The molecule has 0 radical (unpaired) electrons. The predicted molar refractivity (Wildman–Crippen MR) is 71.2 cm³/mol. The van der Waals surface area contributed by atoms with E-state index < -0.39 is 0 Å². The monoisotopic (exact) mass is 241 g/mol. The molecule has 0 amide bonds. The smallest absolute Gasteiger partial charge is 0.156 e. The van der Waals surface area contributed by atoms with Crippen LogP contribution < -0.4 is 10.5 Å². The fourth-order valence-electron chi connectivity index (χ4n) is 1.64. The summed E-state index contributed by atoms with van der Waals surface area (Å²) in [6, 6.07) is 7.51. The number of rotatable bonds is 3. The number of nitrogen functional groups attached to an aromatic ring is 1. The fourth-order valence-corrected chi connectivity index (χ4v) is 1.64. The molecule has 0 bridgehead atoms. The van der Waals surface area contributed by atoms with Crippen LogP contribution in [0.25, 0.3) is 0 Å². The number of benzene rings is 1. The maximum Gasteiger partial charge on any atom is 0.156 e. The van der Waals surface area contributed by atoms with Gasteiger partial charge in [0, 0.05) is 6.20 Å². The van der Waals surface area contributed by atoms with Gasteiger partial charge in [0.15, 0.2) is 5.75 Å². The molecule has 2 rings (SSSR count). The highest BCUT2D eigenvalue weighted by atomic mass is 16.5. The number of aromatic nitrogens is 1. The van der Waals surface area contributed by atoms with E-state index in [1.54, 1.807) is 18.5 Å². The Balaban J connectivity index is 2.40. The second-order valence-electron chi connectivity index (χ2n) is 4.09. The Bertz CT molecular complexity index is 593. The van der Waals surface area contributed by atoms with Gasteiger partial charge in [0.1, 0.15) is 11.6 Å². The molecule has 1 aromatic carbocycles. The number of nitrogens with one attached hydrogen (secondary N) is 1. The highest BCUT2D eigenvalue weighted by molar-refractivity contribution is 5.97. The van der Waals surface area contributed by atoms with Crippen molar-refractivity contribution in [3.8, 4) is 11.5 Å². The van der Waals surface area contributed by atoms with E-state index in [0.717, 1.165) is 16.9 Å². The van der Waals surface area contributed by atoms with Gasteiger partial charge in [-0.05, 0) is 37.1 Å². The van der Waals surface area contributed by atoms with Gasteiger partial charge in [-0.25, -0.2) is 0 Å². The van der Waals surface area contributed by atoms with E-state index in [9.17, 15) is 0 Å². The van der Waals surface area contributed by atoms with Crippen LogP contribution in [0.4, 0.5) is 0 Å². The zero-order valence-corrected chi connectivity index (χ0v) is 10.4. The van der Waals surface area contributed by atoms with E-state index in [4.69, 9.17) is 15.9 Å². The summed E-state index contributed by atoms with van der Waals surface area (Å²) < 4.78 is 5.80. The molecule has 2 aromatic rings. The van der Waals surface area contributed by atoms with Crippen LogP contribution in [0.2, 0.25) is 0 Å². The van der Waals surface area contributed by atoms with Crippen molar-refractivity contribution >= 4 is 5.84 Å². The first-order valence-corrected chi connectivity index (χ1v) is 5.62. The van der Waals surface area contributed by atoms with Gasteiger partial charge in [0.25, 0.3) is 0 Å². The molecule has 0 spiro atoms. The van der Waals surface area contributed by atoms with Crippen LogP contribution in [0.3, 0.4) is 0 Å². The van der Waals surface area contributed by atoms with Crippen molar-refractivity contribution in [2.75, 3.05) is 0 Å². The van der Waals surface area contributed by atoms with Crippen molar-refractivity contribution in [3.05, 3.63) is 53.3 Å². The van der Waals surface area contributed by atoms with Gasteiger partial charge in [-0.1, -0.05) is 12.1 Å². The normalized spacial score (nSPS) is 10.1. The van der Waals surface area contributed by atoms with Crippen molar-refractivity contribution < 1.29 is 4.74 Å². The van der Waals surface area contributed by atoms with Crippen molar-refractivity contribution in [2.24, 2.45) is 5.73 Å². The molecule has 0 saturated heterocycles.